The van der Waals surface area contributed by atoms with Crippen molar-refractivity contribution >= 4 is 17.9 Å². The third-order valence-electron chi connectivity index (χ3n) is 4.28. The fourth-order valence-electron chi connectivity index (χ4n) is 2.84. The fraction of sp³-hybridized carbons (Fsp3) is 0.444. The van der Waals surface area contributed by atoms with Crippen LogP contribution in [0.3, 0.4) is 0 Å². The van der Waals surface area contributed by atoms with E-state index in [1.165, 1.54) is 27.4 Å². The largest absolute Gasteiger partial charge is 0.493 e. The molecule has 9 nitrogen and oxygen atoms in total. The lowest BCUT2D eigenvalue weighted by molar-refractivity contribution is -0.131. The highest BCUT2D eigenvalue weighted by Gasteiger charge is 2.21. The Morgan fingerprint density at radius 2 is 1.67 bits per heavy atom. The number of nitrogens with zero attached hydrogens (tertiary/aromatic N) is 2. The van der Waals surface area contributed by atoms with Gasteiger partial charge in [0.2, 0.25) is 11.7 Å². The zero-order valence-electron chi connectivity index (χ0n) is 15.7. The van der Waals surface area contributed by atoms with Crippen molar-refractivity contribution in [3.8, 4) is 17.2 Å². The molecule has 1 aromatic carbocycles. The summed E-state index contributed by atoms with van der Waals surface area (Å²) in [5.74, 6) is 0.943. The Morgan fingerprint density at radius 1 is 1.07 bits per heavy atom. The minimum Gasteiger partial charge on any atom is -0.493 e. The number of amides is 2. The minimum atomic E-state index is -0.461. The number of piperazine rings is 1. The first kappa shape index (κ1) is 20.5. The standard InChI is InChI=1S/C18H25N3O6/c1-25-14-10-13(11-15(26-2)18(14)27-3)4-5-17(23)21-8-6-20(7-9-21)12-16(22)19-24/h4-5,10-11,24H,6-9,12H2,1-3H3,(H,19,22)/b5-4+. The first-order valence-corrected chi connectivity index (χ1v) is 8.44. The van der Waals surface area contributed by atoms with Gasteiger partial charge in [-0.05, 0) is 23.8 Å². The average molecular weight is 379 g/mol. The maximum Gasteiger partial charge on any atom is 0.257 e. The maximum atomic E-state index is 12.4. The van der Waals surface area contributed by atoms with Crippen LogP contribution in [0.5, 0.6) is 17.2 Å². The quantitative estimate of drug-likeness (QED) is 0.401. The number of methoxy groups -OCH3 is 3. The van der Waals surface area contributed by atoms with E-state index in [4.69, 9.17) is 19.4 Å². The number of carbonyl (C=O) groups is 2. The molecule has 1 heterocycles. The summed E-state index contributed by atoms with van der Waals surface area (Å²) in [6.07, 6.45) is 3.19. The zero-order chi connectivity index (χ0) is 19.8. The van der Waals surface area contributed by atoms with Crippen LogP contribution in [0.25, 0.3) is 6.08 Å². The van der Waals surface area contributed by atoms with Gasteiger partial charge in [-0.25, -0.2) is 5.48 Å². The summed E-state index contributed by atoms with van der Waals surface area (Å²) in [6, 6.07) is 3.52. The molecule has 148 valence electrons. The van der Waals surface area contributed by atoms with E-state index in [0.29, 0.717) is 43.4 Å². The van der Waals surface area contributed by atoms with Crippen molar-refractivity contribution in [2.75, 3.05) is 54.1 Å². The van der Waals surface area contributed by atoms with Gasteiger partial charge in [-0.3, -0.25) is 19.7 Å². The Bertz CT molecular complexity index is 673. The molecule has 0 unspecified atom stereocenters. The van der Waals surface area contributed by atoms with E-state index in [0.717, 1.165) is 5.56 Å². The number of rotatable bonds is 7. The van der Waals surface area contributed by atoms with Crippen molar-refractivity contribution < 1.29 is 29.0 Å². The molecule has 0 bridgehead atoms. The lowest BCUT2D eigenvalue weighted by atomic mass is 10.1. The van der Waals surface area contributed by atoms with Crippen LogP contribution in [0.15, 0.2) is 18.2 Å². The summed E-state index contributed by atoms with van der Waals surface area (Å²) in [7, 11) is 4.60. The number of nitrogens with one attached hydrogen (secondary N) is 1. The molecule has 0 spiro atoms. The van der Waals surface area contributed by atoms with Crippen molar-refractivity contribution in [1.29, 1.82) is 0 Å². The molecule has 0 aliphatic carbocycles. The molecule has 1 saturated heterocycles. The third kappa shape index (κ3) is 5.35. The minimum absolute atomic E-state index is 0.111. The second-order valence-corrected chi connectivity index (χ2v) is 5.93. The van der Waals surface area contributed by atoms with E-state index in [1.54, 1.807) is 28.6 Å². The molecule has 0 saturated carbocycles. The highest BCUT2D eigenvalue weighted by molar-refractivity contribution is 5.92. The summed E-state index contributed by atoms with van der Waals surface area (Å²) in [5.41, 5.74) is 2.36. The van der Waals surface area contributed by atoms with Gasteiger partial charge in [0.1, 0.15) is 0 Å². The summed E-state index contributed by atoms with van der Waals surface area (Å²) in [5, 5.41) is 8.57. The first-order chi connectivity index (χ1) is 13.0. The lowest BCUT2D eigenvalue weighted by Crippen LogP contribution is -2.50. The van der Waals surface area contributed by atoms with Crippen LogP contribution in [0.2, 0.25) is 0 Å². The Labute approximate surface area is 158 Å². The van der Waals surface area contributed by atoms with Gasteiger partial charge in [-0.2, -0.15) is 0 Å². The van der Waals surface area contributed by atoms with E-state index in [-0.39, 0.29) is 12.5 Å². The van der Waals surface area contributed by atoms with Gasteiger partial charge in [0.15, 0.2) is 11.5 Å². The van der Waals surface area contributed by atoms with Crippen LogP contribution in [0.1, 0.15) is 5.56 Å². The molecule has 9 heteroatoms. The average Bonchev–Trinajstić information content (AvgIpc) is 2.71. The van der Waals surface area contributed by atoms with Gasteiger partial charge in [-0.1, -0.05) is 0 Å². The number of hydroxylamine groups is 1. The molecule has 1 aliphatic heterocycles. The monoisotopic (exact) mass is 379 g/mol. The van der Waals surface area contributed by atoms with Gasteiger partial charge in [-0.15, -0.1) is 0 Å². The van der Waals surface area contributed by atoms with E-state index in [9.17, 15) is 9.59 Å². The van der Waals surface area contributed by atoms with Gasteiger partial charge in [0.25, 0.3) is 5.91 Å². The van der Waals surface area contributed by atoms with Crippen molar-refractivity contribution in [2.24, 2.45) is 0 Å². The normalized spacial score (nSPS) is 14.9. The van der Waals surface area contributed by atoms with Crippen molar-refractivity contribution in [1.82, 2.24) is 15.3 Å². The molecule has 0 radical (unpaired) electrons. The van der Waals surface area contributed by atoms with Crippen LogP contribution < -0.4 is 19.7 Å². The summed E-state index contributed by atoms with van der Waals surface area (Å²) < 4.78 is 15.9. The molecule has 1 aliphatic rings. The molecule has 1 aromatic rings. The van der Waals surface area contributed by atoms with E-state index in [1.807, 2.05) is 4.90 Å². The smallest absolute Gasteiger partial charge is 0.257 e. The molecule has 0 atom stereocenters. The second kappa shape index (κ2) is 9.79. The lowest BCUT2D eigenvalue weighted by Gasteiger charge is -2.33. The molecule has 2 rings (SSSR count). The van der Waals surface area contributed by atoms with Crippen molar-refractivity contribution in [2.45, 2.75) is 0 Å². The highest BCUT2D eigenvalue weighted by Crippen LogP contribution is 2.38. The molecular formula is C18H25N3O6. The van der Waals surface area contributed by atoms with Crippen LogP contribution in [-0.4, -0.2) is 80.9 Å². The summed E-state index contributed by atoms with van der Waals surface area (Å²) in [6.45, 7) is 2.27. The third-order valence-corrected chi connectivity index (χ3v) is 4.28. The zero-order valence-corrected chi connectivity index (χ0v) is 15.7. The SMILES string of the molecule is COc1cc(/C=C/C(=O)N2CCN(CC(=O)NO)CC2)cc(OC)c1OC. The van der Waals surface area contributed by atoms with E-state index >= 15 is 0 Å². The highest BCUT2D eigenvalue weighted by atomic mass is 16.5. The van der Waals surface area contributed by atoms with Gasteiger partial charge in [0.05, 0.1) is 27.9 Å². The van der Waals surface area contributed by atoms with Crippen LogP contribution in [-0.2, 0) is 9.59 Å². The van der Waals surface area contributed by atoms with Crippen molar-refractivity contribution in [3.63, 3.8) is 0 Å². The molecular weight excluding hydrogens is 354 g/mol. The van der Waals surface area contributed by atoms with E-state index < -0.39 is 5.91 Å². The van der Waals surface area contributed by atoms with Gasteiger partial charge < -0.3 is 19.1 Å². The molecule has 2 amide bonds. The summed E-state index contributed by atoms with van der Waals surface area (Å²) >= 11 is 0. The molecule has 0 aromatic heterocycles. The number of ether oxygens (including phenoxy) is 3. The molecule has 1 fully saturated rings. The van der Waals surface area contributed by atoms with Gasteiger partial charge >= 0.3 is 0 Å². The Hall–Kier alpha value is -2.78. The Balaban J connectivity index is 2.00. The maximum absolute atomic E-state index is 12.4. The second-order valence-electron chi connectivity index (χ2n) is 5.93. The summed E-state index contributed by atoms with van der Waals surface area (Å²) in [4.78, 5) is 27.2. The topological polar surface area (TPSA) is 101 Å². The van der Waals surface area contributed by atoms with E-state index in [2.05, 4.69) is 0 Å². The van der Waals surface area contributed by atoms with Crippen LogP contribution in [0.4, 0.5) is 0 Å². The number of hydrogen-bond donors (Lipinski definition) is 2. The first-order valence-electron chi connectivity index (χ1n) is 8.44. The van der Waals surface area contributed by atoms with Crippen LogP contribution in [0, 0.1) is 0 Å². The molecule has 2 N–H and O–H groups in total. The number of carbonyl (C=O) groups excluding carboxylic acids is 2. The predicted molar refractivity (Wildman–Crippen MR) is 98.1 cm³/mol. The molecule has 27 heavy (non-hydrogen) atoms. The fourth-order valence-corrected chi connectivity index (χ4v) is 2.84. The number of hydrogen-bond acceptors (Lipinski definition) is 7. The van der Waals surface area contributed by atoms with Gasteiger partial charge in [0, 0.05) is 32.3 Å². The predicted octanol–water partition coefficient (Wildman–Crippen LogP) is 0.375. The van der Waals surface area contributed by atoms with Crippen LogP contribution >= 0.6 is 0 Å². The van der Waals surface area contributed by atoms with Crippen molar-refractivity contribution in [3.05, 3.63) is 23.8 Å². The number of benzene rings is 1. The Kier molecular flexibility index (Phi) is 7.44. The Morgan fingerprint density at radius 3 is 2.15 bits per heavy atom.